The van der Waals surface area contributed by atoms with Crippen LogP contribution in [0, 0.1) is 18.6 Å². The summed E-state index contributed by atoms with van der Waals surface area (Å²) >= 11 is 5.05. The molecule has 0 aliphatic rings. The maximum atomic E-state index is 12.2. The molecule has 2 aromatic heterocycles. The van der Waals surface area contributed by atoms with Crippen LogP contribution in [0.1, 0.15) is 35.7 Å². The molecular weight excluding hydrogens is 288 g/mol. The third-order valence-electron chi connectivity index (χ3n) is 3.56. The van der Waals surface area contributed by atoms with E-state index in [-0.39, 0.29) is 11.8 Å². The van der Waals surface area contributed by atoms with Gasteiger partial charge in [0, 0.05) is 25.6 Å². The van der Waals surface area contributed by atoms with Crippen LogP contribution in [0.25, 0.3) is 0 Å². The molecule has 0 fully saturated rings. The Kier molecular flexibility index (Phi) is 4.62. The van der Waals surface area contributed by atoms with Gasteiger partial charge in [0.2, 0.25) is 5.91 Å². The summed E-state index contributed by atoms with van der Waals surface area (Å²) in [6, 6.07) is 1.91. The minimum absolute atomic E-state index is 0.0179. The lowest BCUT2D eigenvalue weighted by atomic mass is 10.0. The van der Waals surface area contributed by atoms with E-state index in [1.54, 1.807) is 4.57 Å². The van der Waals surface area contributed by atoms with Crippen molar-refractivity contribution in [1.82, 2.24) is 20.1 Å². The number of aryl methyl sites for hydroxylation is 2. The molecule has 0 aromatic carbocycles. The van der Waals surface area contributed by atoms with Crippen LogP contribution in [0.2, 0.25) is 0 Å². The number of aromatic nitrogens is 3. The first-order valence-electron chi connectivity index (χ1n) is 6.85. The predicted molar refractivity (Wildman–Crippen MR) is 81.7 cm³/mol. The van der Waals surface area contributed by atoms with Gasteiger partial charge in [-0.1, -0.05) is 0 Å². The van der Waals surface area contributed by atoms with Gasteiger partial charge in [-0.15, -0.1) is 0 Å². The van der Waals surface area contributed by atoms with Crippen molar-refractivity contribution in [1.29, 1.82) is 0 Å². The van der Waals surface area contributed by atoms with E-state index in [0.717, 1.165) is 22.9 Å². The number of hydrogen-bond acceptors (Lipinski definition) is 4. The van der Waals surface area contributed by atoms with Crippen molar-refractivity contribution < 1.29 is 9.21 Å². The molecule has 2 heterocycles. The summed E-state index contributed by atoms with van der Waals surface area (Å²) in [6.07, 6.45) is 0.630. The second kappa shape index (κ2) is 6.26. The quantitative estimate of drug-likeness (QED) is 0.830. The Hall–Kier alpha value is -1.89. The molecule has 0 aliphatic heterocycles. The van der Waals surface area contributed by atoms with Gasteiger partial charge in [-0.05, 0) is 39.1 Å². The van der Waals surface area contributed by atoms with Crippen LogP contribution in [0.3, 0.4) is 0 Å². The fourth-order valence-electron chi connectivity index (χ4n) is 2.28. The molecule has 0 spiro atoms. The van der Waals surface area contributed by atoms with Crippen molar-refractivity contribution in [3.63, 3.8) is 0 Å². The van der Waals surface area contributed by atoms with Gasteiger partial charge < -0.3 is 14.3 Å². The summed E-state index contributed by atoms with van der Waals surface area (Å²) in [5, 5.41) is 9.76. The van der Waals surface area contributed by atoms with Crippen LogP contribution in [0.5, 0.6) is 0 Å². The number of nitrogens with one attached hydrogen (secondary N) is 2. The number of amides is 1. The molecule has 1 atom stereocenters. The number of hydrogen-bond donors (Lipinski definition) is 2. The number of carbonyl (C=O) groups is 1. The number of aromatic amines is 1. The number of carbonyl (C=O) groups excluding carboxylic acids is 1. The Morgan fingerprint density at radius 3 is 2.81 bits per heavy atom. The maximum absolute atomic E-state index is 12.2. The summed E-state index contributed by atoms with van der Waals surface area (Å²) in [7, 11) is 1.85. The van der Waals surface area contributed by atoms with Gasteiger partial charge in [0.25, 0.3) is 0 Å². The minimum Gasteiger partial charge on any atom is -0.466 e. The minimum atomic E-state index is -0.232. The second-order valence-electron chi connectivity index (χ2n) is 5.14. The van der Waals surface area contributed by atoms with Gasteiger partial charge in [0.05, 0.1) is 5.92 Å². The number of H-pyrrole nitrogens is 1. The lowest BCUT2D eigenvalue weighted by molar-refractivity contribution is -0.122. The highest BCUT2D eigenvalue weighted by atomic mass is 32.1. The zero-order valence-electron chi connectivity index (χ0n) is 12.7. The zero-order valence-corrected chi connectivity index (χ0v) is 13.5. The van der Waals surface area contributed by atoms with Crippen LogP contribution in [-0.4, -0.2) is 27.2 Å². The highest BCUT2D eigenvalue weighted by Crippen LogP contribution is 2.23. The topological polar surface area (TPSA) is 75.8 Å². The van der Waals surface area contributed by atoms with Crippen molar-refractivity contribution in [2.75, 3.05) is 6.54 Å². The van der Waals surface area contributed by atoms with E-state index in [1.807, 2.05) is 33.9 Å². The van der Waals surface area contributed by atoms with Crippen molar-refractivity contribution >= 4 is 18.1 Å². The van der Waals surface area contributed by atoms with Crippen LogP contribution >= 0.6 is 12.2 Å². The summed E-state index contributed by atoms with van der Waals surface area (Å²) in [6.45, 7) is 6.15. The van der Waals surface area contributed by atoms with E-state index in [9.17, 15) is 4.79 Å². The largest absolute Gasteiger partial charge is 0.466 e. The second-order valence-corrected chi connectivity index (χ2v) is 5.52. The summed E-state index contributed by atoms with van der Waals surface area (Å²) in [4.78, 5) is 12.2. The molecule has 0 bridgehead atoms. The molecule has 2 rings (SSSR count). The maximum Gasteiger partial charge on any atom is 0.227 e. The van der Waals surface area contributed by atoms with Gasteiger partial charge in [0.15, 0.2) is 4.77 Å². The van der Waals surface area contributed by atoms with Gasteiger partial charge in [-0.2, -0.15) is 5.10 Å². The molecule has 114 valence electrons. The first-order valence-corrected chi connectivity index (χ1v) is 7.26. The summed E-state index contributed by atoms with van der Waals surface area (Å²) in [5.74, 6) is 2.19. The standard InChI is InChI=1S/C14H20N4O2S/c1-8-7-11(10(3)20-8)9(2)13(19)15-6-5-12-16-17-14(21)18(12)4/h7,9H,5-6H2,1-4H3,(H,15,19)(H,17,21)/t9-/m0/s1. The predicted octanol–water partition coefficient (Wildman–Crippen LogP) is 2.15. The van der Waals surface area contributed by atoms with Crippen LogP contribution in [-0.2, 0) is 18.3 Å². The summed E-state index contributed by atoms with van der Waals surface area (Å²) < 4.78 is 7.85. The highest BCUT2D eigenvalue weighted by molar-refractivity contribution is 7.71. The molecule has 0 unspecified atom stereocenters. The molecule has 0 saturated carbocycles. The first kappa shape index (κ1) is 15.5. The van der Waals surface area contributed by atoms with Crippen molar-refractivity contribution in [3.05, 3.63) is 33.7 Å². The lowest BCUT2D eigenvalue weighted by Gasteiger charge is -2.11. The molecule has 2 aromatic rings. The van der Waals surface area contributed by atoms with E-state index in [4.69, 9.17) is 16.6 Å². The zero-order chi connectivity index (χ0) is 15.6. The molecule has 21 heavy (non-hydrogen) atoms. The average molecular weight is 308 g/mol. The third-order valence-corrected chi connectivity index (χ3v) is 3.92. The monoisotopic (exact) mass is 308 g/mol. The van der Waals surface area contributed by atoms with Gasteiger partial charge >= 0.3 is 0 Å². The van der Waals surface area contributed by atoms with Crippen molar-refractivity contribution in [2.45, 2.75) is 33.1 Å². The van der Waals surface area contributed by atoms with E-state index >= 15 is 0 Å². The molecule has 7 heteroatoms. The molecular formula is C14H20N4O2S. The first-order chi connectivity index (χ1) is 9.90. The highest BCUT2D eigenvalue weighted by Gasteiger charge is 2.19. The molecule has 1 amide bonds. The summed E-state index contributed by atoms with van der Waals surface area (Å²) in [5.41, 5.74) is 0.933. The molecule has 0 saturated heterocycles. The van der Waals surface area contributed by atoms with Crippen molar-refractivity contribution in [2.24, 2.45) is 7.05 Å². The fourth-order valence-corrected chi connectivity index (χ4v) is 2.43. The van der Waals surface area contributed by atoms with Gasteiger partial charge in [-0.25, -0.2) is 0 Å². The Labute approximate surface area is 128 Å². The average Bonchev–Trinajstić information content (AvgIpc) is 2.93. The Balaban J connectivity index is 1.91. The SMILES string of the molecule is Cc1cc([C@H](C)C(=O)NCCc2n[nH]c(=S)n2C)c(C)o1. The molecule has 2 N–H and O–H groups in total. The van der Waals surface area contributed by atoms with E-state index in [0.29, 0.717) is 17.7 Å². The van der Waals surface area contributed by atoms with Crippen molar-refractivity contribution in [3.8, 4) is 0 Å². The van der Waals surface area contributed by atoms with Crippen LogP contribution in [0.4, 0.5) is 0 Å². The van der Waals surface area contributed by atoms with Gasteiger partial charge in [0.1, 0.15) is 17.3 Å². The fraction of sp³-hybridized carbons (Fsp3) is 0.500. The number of nitrogens with zero attached hydrogens (tertiary/aromatic N) is 2. The van der Waals surface area contributed by atoms with Crippen LogP contribution in [0.15, 0.2) is 10.5 Å². The molecule has 6 nitrogen and oxygen atoms in total. The third kappa shape index (κ3) is 3.41. The smallest absolute Gasteiger partial charge is 0.227 e. The number of furan rings is 1. The normalized spacial score (nSPS) is 12.4. The van der Waals surface area contributed by atoms with E-state index in [1.165, 1.54) is 0 Å². The Bertz CT molecular complexity index is 698. The van der Waals surface area contributed by atoms with E-state index < -0.39 is 0 Å². The van der Waals surface area contributed by atoms with E-state index in [2.05, 4.69) is 15.5 Å². The number of rotatable bonds is 5. The molecule has 0 aliphatic carbocycles. The van der Waals surface area contributed by atoms with Gasteiger partial charge in [-0.3, -0.25) is 9.89 Å². The Morgan fingerprint density at radius 1 is 1.57 bits per heavy atom. The Morgan fingerprint density at radius 2 is 2.29 bits per heavy atom. The molecule has 0 radical (unpaired) electrons. The lowest BCUT2D eigenvalue weighted by Crippen LogP contribution is -2.30. The van der Waals surface area contributed by atoms with Crippen LogP contribution < -0.4 is 5.32 Å².